The molecule has 0 N–H and O–H groups in total. The highest BCUT2D eigenvalue weighted by Crippen LogP contribution is 2.24. The van der Waals surface area contributed by atoms with Crippen LogP contribution in [0.5, 0.6) is 5.75 Å². The quantitative estimate of drug-likeness (QED) is 0.839. The number of likely N-dealkylation sites (tertiary alicyclic amines) is 1. The first kappa shape index (κ1) is 12.4. The average Bonchev–Trinajstić information content (AvgIpc) is 2.39. The molecule has 1 saturated heterocycles. The summed E-state index contributed by atoms with van der Waals surface area (Å²) >= 11 is 3.42. The predicted molar refractivity (Wildman–Crippen MR) is 70.4 cm³/mol. The highest BCUT2D eigenvalue weighted by molar-refractivity contribution is 9.10. The van der Waals surface area contributed by atoms with E-state index in [1.807, 2.05) is 17.0 Å². The van der Waals surface area contributed by atoms with Gasteiger partial charge in [0, 0.05) is 17.6 Å². The lowest BCUT2D eigenvalue weighted by atomic mass is 10.1. The van der Waals surface area contributed by atoms with E-state index in [-0.39, 0.29) is 5.91 Å². The van der Waals surface area contributed by atoms with Gasteiger partial charge in [-0.15, -0.1) is 0 Å². The Morgan fingerprint density at radius 1 is 1.29 bits per heavy atom. The van der Waals surface area contributed by atoms with E-state index < -0.39 is 0 Å². The Morgan fingerprint density at radius 2 is 2.00 bits per heavy atom. The van der Waals surface area contributed by atoms with E-state index in [1.165, 1.54) is 6.42 Å². The maximum Gasteiger partial charge on any atom is 0.255 e. The summed E-state index contributed by atoms with van der Waals surface area (Å²) in [6.07, 6.45) is 3.43. The highest BCUT2D eigenvalue weighted by Gasteiger charge is 2.20. The molecule has 92 valence electrons. The summed E-state index contributed by atoms with van der Waals surface area (Å²) < 4.78 is 5.98. The third-order valence-electron chi connectivity index (χ3n) is 3.05. The summed E-state index contributed by atoms with van der Waals surface area (Å²) in [5.74, 6) is 0.809. The van der Waals surface area contributed by atoms with Crippen molar-refractivity contribution in [1.29, 1.82) is 0 Å². The minimum atomic E-state index is 0.0930. The van der Waals surface area contributed by atoms with Crippen molar-refractivity contribution in [2.45, 2.75) is 19.3 Å². The summed E-state index contributed by atoms with van der Waals surface area (Å²) in [5, 5.41) is 0. The molecule has 4 heteroatoms. The second kappa shape index (κ2) is 5.54. The molecule has 1 fully saturated rings. The molecule has 0 aromatic heterocycles. The zero-order valence-electron chi connectivity index (χ0n) is 9.91. The lowest BCUT2D eigenvalue weighted by molar-refractivity contribution is 0.0723. The van der Waals surface area contributed by atoms with Gasteiger partial charge >= 0.3 is 0 Å². The van der Waals surface area contributed by atoms with E-state index in [9.17, 15) is 4.79 Å². The molecule has 1 aliphatic rings. The van der Waals surface area contributed by atoms with Crippen molar-refractivity contribution < 1.29 is 9.53 Å². The molecule has 0 unspecified atom stereocenters. The third-order valence-corrected chi connectivity index (χ3v) is 3.74. The van der Waals surface area contributed by atoms with Crippen LogP contribution < -0.4 is 4.74 Å². The van der Waals surface area contributed by atoms with Crippen LogP contribution in [0.25, 0.3) is 0 Å². The van der Waals surface area contributed by atoms with Crippen molar-refractivity contribution in [3.63, 3.8) is 0 Å². The number of methoxy groups -OCH3 is 1. The minimum absolute atomic E-state index is 0.0930. The molecule has 0 aliphatic carbocycles. The van der Waals surface area contributed by atoms with Gasteiger partial charge in [0.25, 0.3) is 5.91 Å². The van der Waals surface area contributed by atoms with Crippen molar-refractivity contribution in [2.75, 3.05) is 20.2 Å². The Labute approximate surface area is 110 Å². The maximum absolute atomic E-state index is 12.3. The molecular weight excluding hydrogens is 282 g/mol. The van der Waals surface area contributed by atoms with Gasteiger partial charge < -0.3 is 9.64 Å². The number of halogens is 1. The Balaban J connectivity index is 2.22. The third kappa shape index (κ3) is 2.80. The molecule has 1 aliphatic heterocycles. The molecule has 1 aromatic rings. The zero-order chi connectivity index (χ0) is 12.3. The van der Waals surface area contributed by atoms with E-state index in [1.54, 1.807) is 13.2 Å². The van der Waals surface area contributed by atoms with Gasteiger partial charge in [-0.1, -0.05) is 0 Å². The van der Waals surface area contributed by atoms with Crippen LogP contribution in [-0.4, -0.2) is 31.0 Å². The number of carbonyl (C=O) groups excluding carboxylic acids is 1. The Bertz CT molecular complexity index is 414. The lowest BCUT2D eigenvalue weighted by Crippen LogP contribution is -2.35. The Kier molecular flexibility index (Phi) is 4.05. The number of hydrogen-bond donors (Lipinski definition) is 0. The van der Waals surface area contributed by atoms with E-state index >= 15 is 0 Å². The van der Waals surface area contributed by atoms with Gasteiger partial charge in [-0.25, -0.2) is 0 Å². The van der Waals surface area contributed by atoms with Crippen LogP contribution in [-0.2, 0) is 0 Å². The highest BCUT2D eigenvalue weighted by atomic mass is 79.9. The molecule has 1 aromatic carbocycles. The molecule has 3 nitrogen and oxygen atoms in total. The van der Waals surface area contributed by atoms with Crippen LogP contribution >= 0.6 is 15.9 Å². The van der Waals surface area contributed by atoms with Crippen molar-refractivity contribution in [1.82, 2.24) is 4.90 Å². The number of hydrogen-bond acceptors (Lipinski definition) is 2. The number of rotatable bonds is 2. The molecule has 1 heterocycles. The Hall–Kier alpha value is -1.03. The lowest BCUT2D eigenvalue weighted by Gasteiger charge is -2.27. The largest absolute Gasteiger partial charge is 0.497 e. The topological polar surface area (TPSA) is 29.5 Å². The first-order valence-electron chi connectivity index (χ1n) is 5.85. The molecular formula is C13H16BrNO2. The summed E-state index contributed by atoms with van der Waals surface area (Å²) in [6.45, 7) is 1.73. The van der Waals surface area contributed by atoms with Crippen LogP contribution in [0, 0.1) is 0 Å². The van der Waals surface area contributed by atoms with Gasteiger partial charge in [-0.2, -0.15) is 0 Å². The molecule has 2 rings (SSSR count). The molecule has 0 radical (unpaired) electrons. The van der Waals surface area contributed by atoms with Gasteiger partial charge in [0.1, 0.15) is 5.75 Å². The molecule has 17 heavy (non-hydrogen) atoms. The smallest absolute Gasteiger partial charge is 0.255 e. The van der Waals surface area contributed by atoms with Crippen LogP contribution in [0.2, 0.25) is 0 Å². The van der Waals surface area contributed by atoms with Crippen molar-refractivity contribution in [3.8, 4) is 5.75 Å². The van der Waals surface area contributed by atoms with Crippen LogP contribution in [0.1, 0.15) is 29.6 Å². The summed E-state index contributed by atoms with van der Waals surface area (Å²) in [5.41, 5.74) is 0.686. The van der Waals surface area contributed by atoms with Gasteiger partial charge in [0.15, 0.2) is 0 Å². The second-order valence-corrected chi connectivity index (χ2v) is 5.05. The van der Waals surface area contributed by atoms with E-state index in [0.717, 1.165) is 30.4 Å². The zero-order valence-corrected chi connectivity index (χ0v) is 11.5. The fourth-order valence-electron chi connectivity index (χ4n) is 2.06. The van der Waals surface area contributed by atoms with E-state index in [0.29, 0.717) is 11.3 Å². The Morgan fingerprint density at radius 3 is 2.65 bits per heavy atom. The summed E-state index contributed by atoms with van der Waals surface area (Å²) in [7, 11) is 1.61. The number of carbonyl (C=O) groups is 1. The minimum Gasteiger partial charge on any atom is -0.497 e. The van der Waals surface area contributed by atoms with Crippen molar-refractivity contribution >= 4 is 21.8 Å². The monoisotopic (exact) mass is 297 g/mol. The molecule has 0 atom stereocenters. The summed E-state index contributed by atoms with van der Waals surface area (Å²) in [6, 6.07) is 5.49. The summed E-state index contributed by atoms with van der Waals surface area (Å²) in [4.78, 5) is 14.2. The number of benzene rings is 1. The number of amides is 1. The van der Waals surface area contributed by atoms with Gasteiger partial charge in [0.2, 0.25) is 0 Å². The molecule has 0 spiro atoms. The van der Waals surface area contributed by atoms with Crippen molar-refractivity contribution in [3.05, 3.63) is 28.2 Å². The molecule has 1 amide bonds. The van der Waals surface area contributed by atoms with E-state index in [4.69, 9.17) is 4.74 Å². The average molecular weight is 298 g/mol. The number of nitrogens with zero attached hydrogens (tertiary/aromatic N) is 1. The van der Waals surface area contributed by atoms with E-state index in [2.05, 4.69) is 15.9 Å². The molecule has 0 bridgehead atoms. The first-order valence-corrected chi connectivity index (χ1v) is 6.64. The predicted octanol–water partition coefficient (Wildman–Crippen LogP) is 3.08. The number of ether oxygens (including phenoxy) is 1. The fourth-order valence-corrected chi connectivity index (χ4v) is 2.48. The molecule has 0 saturated carbocycles. The maximum atomic E-state index is 12.3. The first-order chi connectivity index (χ1) is 8.22. The standard InChI is InChI=1S/C13H16BrNO2/c1-17-10-5-6-12(14)11(9-10)13(16)15-7-3-2-4-8-15/h5-6,9H,2-4,7-8H2,1H3. The van der Waals surface area contributed by atoms with Gasteiger partial charge in [-0.3, -0.25) is 4.79 Å². The number of piperidine rings is 1. The van der Waals surface area contributed by atoms with Gasteiger partial charge in [-0.05, 0) is 53.4 Å². The van der Waals surface area contributed by atoms with Crippen LogP contribution in [0.3, 0.4) is 0 Å². The normalized spacial score (nSPS) is 15.8. The SMILES string of the molecule is COc1ccc(Br)c(C(=O)N2CCCCC2)c1. The van der Waals surface area contributed by atoms with Gasteiger partial charge in [0.05, 0.1) is 12.7 Å². The fraction of sp³-hybridized carbons (Fsp3) is 0.462. The van der Waals surface area contributed by atoms with Crippen LogP contribution in [0.15, 0.2) is 22.7 Å². The second-order valence-electron chi connectivity index (χ2n) is 4.20. The van der Waals surface area contributed by atoms with Crippen molar-refractivity contribution in [2.24, 2.45) is 0 Å². The van der Waals surface area contributed by atoms with Crippen LogP contribution in [0.4, 0.5) is 0 Å².